The molecule has 0 aliphatic carbocycles. The van der Waals surface area contributed by atoms with Crippen molar-refractivity contribution >= 4 is 17.7 Å². The zero-order chi connectivity index (χ0) is 18.1. The number of rotatable bonds is 5. The molecule has 1 aromatic heterocycles. The normalized spacial score (nSPS) is 25.0. The molecule has 0 N–H and O–H groups in total. The van der Waals surface area contributed by atoms with Crippen molar-refractivity contribution in [1.82, 2.24) is 19.9 Å². The number of hydrogen-bond acceptors (Lipinski definition) is 4. The molecular formula is C20H26N4OS. The van der Waals surface area contributed by atoms with Crippen LogP contribution in [0.4, 0.5) is 0 Å². The number of amides is 1. The van der Waals surface area contributed by atoms with Crippen molar-refractivity contribution in [1.29, 1.82) is 0 Å². The van der Waals surface area contributed by atoms with Crippen molar-refractivity contribution < 1.29 is 4.79 Å². The van der Waals surface area contributed by atoms with Crippen LogP contribution in [0.5, 0.6) is 0 Å². The molecule has 6 heteroatoms. The molecule has 2 aromatic rings. The lowest BCUT2D eigenvalue weighted by atomic mass is 9.97. The number of aromatic nitrogens is 3. The lowest BCUT2D eigenvalue weighted by Gasteiger charge is -2.38. The van der Waals surface area contributed by atoms with Gasteiger partial charge in [0.25, 0.3) is 0 Å². The van der Waals surface area contributed by atoms with Crippen LogP contribution in [0.15, 0.2) is 41.6 Å². The Balaban J connectivity index is 1.40. The van der Waals surface area contributed by atoms with E-state index in [0.717, 1.165) is 31.2 Å². The van der Waals surface area contributed by atoms with Crippen LogP contribution >= 0.6 is 11.8 Å². The Morgan fingerprint density at radius 2 is 1.69 bits per heavy atom. The Hall–Kier alpha value is -1.82. The fourth-order valence-corrected chi connectivity index (χ4v) is 5.22. The van der Waals surface area contributed by atoms with E-state index in [9.17, 15) is 4.79 Å². The maximum Gasteiger partial charge on any atom is 0.227 e. The molecule has 4 rings (SSSR count). The highest BCUT2D eigenvalue weighted by Crippen LogP contribution is 2.40. The second kappa shape index (κ2) is 7.43. The van der Waals surface area contributed by atoms with E-state index in [1.54, 1.807) is 12.4 Å². The molecule has 138 valence electrons. The van der Waals surface area contributed by atoms with E-state index in [-0.39, 0.29) is 5.91 Å². The van der Waals surface area contributed by atoms with Gasteiger partial charge < -0.3 is 4.90 Å². The highest BCUT2D eigenvalue weighted by Gasteiger charge is 2.43. The van der Waals surface area contributed by atoms with Crippen LogP contribution < -0.4 is 0 Å². The van der Waals surface area contributed by atoms with Gasteiger partial charge in [-0.2, -0.15) is 15.0 Å². The lowest BCUT2D eigenvalue weighted by Crippen LogP contribution is -2.47. The summed E-state index contributed by atoms with van der Waals surface area (Å²) in [4.78, 5) is 18.2. The van der Waals surface area contributed by atoms with Gasteiger partial charge in [0, 0.05) is 22.2 Å². The van der Waals surface area contributed by atoms with Crippen LogP contribution in [-0.2, 0) is 11.2 Å². The van der Waals surface area contributed by atoms with Gasteiger partial charge in [-0.25, -0.2) is 0 Å². The third-order valence-corrected chi connectivity index (χ3v) is 6.43. The van der Waals surface area contributed by atoms with Crippen molar-refractivity contribution in [3.8, 4) is 0 Å². The quantitative estimate of drug-likeness (QED) is 0.753. The van der Waals surface area contributed by atoms with Gasteiger partial charge in [-0.15, -0.1) is 11.8 Å². The highest BCUT2D eigenvalue weighted by atomic mass is 32.2. The third kappa shape index (κ3) is 3.65. The van der Waals surface area contributed by atoms with Gasteiger partial charge in [0.15, 0.2) is 0 Å². The molecule has 26 heavy (non-hydrogen) atoms. The Labute approximate surface area is 159 Å². The summed E-state index contributed by atoms with van der Waals surface area (Å²) < 4.78 is 0. The van der Waals surface area contributed by atoms with Crippen LogP contribution in [-0.4, -0.2) is 43.1 Å². The molecule has 2 saturated heterocycles. The first-order valence-electron chi connectivity index (χ1n) is 9.52. The topological polar surface area (TPSA) is 51.0 Å². The van der Waals surface area contributed by atoms with Gasteiger partial charge in [0.05, 0.1) is 24.9 Å². The van der Waals surface area contributed by atoms with Crippen LogP contribution in [0.3, 0.4) is 0 Å². The van der Waals surface area contributed by atoms with Gasteiger partial charge >= 0.3 is 0 Å². The second-order valence-electron chi connectivity index (χ2n) is 7.65. The molecule has 1 amide bonds. The maximum atomic E-state index is 13.0. The molecule has 3 heterocycles. The Bertz CT molecular complexity index is 730. The molecule has 5 nitrogen and oxygen atoms in total. The number of piperidine rings is 1. The smallest absolute Gasteiger partial charge is 0.227 e. The summed E-state index contributed by atoms with van der Waals surface area (Å²) >= 11 is 1.85. The summed E-state index contributed by atoms with van der Waals surface area (Å²) in [6, 6.07) is 9.49. The average molecular weight is 371 g/mol. The van der Waals surface area contributed by atoms with E-state index in [0.29, 0.717) is 29.8 Å². The van der Waals surface area contributed by atoms with Crippen LogP contribution in [0.25, 0.3) is 0 Å². The number of nitrogens with zero attached hydrogens (tertiary/aromatic N) is 4. The first kappa shape index (κ1) is 17.6. The number of benzene rings is 1. The molecule has 2 atom stereocenters. The molecule has 0 radical (unpaired) electrons. The molecular weight excluding hydrogens is 344 g/mol. The fraction of sp³-hybridized carbons (Fsp3) is 0.550. The van der Waals surface area contributed by atoms with Crippen molar-refractivity contribution in [2.75, 3.05) is 0 Å². The van der Waals surface area contributed by atoms with Gasteiger partial charge in [0.1, 0.15) is 0 Å². The SMILES string of the molecule is CC(C)Sc1ccc(CC(=O)N2[C@H]3CC[C@H]2CC(n2nccn2)C3)cc1. The van der Waals surface area contributed by atoms with Crippen LogP contribution in [0.2, 0.25) is 0 Å². The minimum absolute atomic E-state index is 0.272. The summed E-state index contributed by atoms with van der Waals surface area (Å²) in [5.41, 5.74) is 1.11. The largest absolute Gasteiger partial charge is 0.336 e. The third-order valence-electron chi connectivity index (χ3n) is 5.41. The van der Waals surface area contributed by atoms with E-state index in [1.807, 2.05) is 16.6 Å². The highest BCUT2D eigenvalue weighted by molar-refractivity contribution is 7.99. The zero-order valence-corrected chi connectivity index (χ0v) is 16.2. The van der Waals surface area contributed by atoms with Gasteiger partial charge in [-0.3, -0.25) is 4.79 Å². The predicted octanol–water partition coefficient (Wildman–Crippen LogP) is 3.72. The molecule has 2 aliphatic rings. The number of carbonyl (C=O) groups is 1. The molecule has 2 aliphatic heterocycles. The first-order chi connectivity index (χ1) is 12.6. The minimum Gasteiger partial charge on any atom is -0.336 e. The Morgan fingerprint density at radius 1 is 1.08 bits per heavy atom. The molecule has 0 spiro atoms. The monoisotopic (exact) mass is 370 g/mol. The predicted molar refractivity (Wildman–Crippen MR) is 103 cm³/mol. The van der Waals surface area contributed by atoms with E-state index >= 15 is 0 Å². The molecule has 1 aromatic carbocycles. The van der Waals surface area contributed by atoms with Crippen molar-refractivity contribution in [3.05, 3.63) is 42.2 Å². The van der Waals surface area contributed by atoms with E-state index < -0.39 is 0 Å². The standard InChI is InChI=1S/C20H26N4OS/c1-14(2)26-19-7-3-15(4-8-19)11-20(25)23-16-5-6-17(23)13-18(12-16)24-21-9-10-22-24/h3-4,7-10,14,16-18H,5-6,11-13H2,1-2H3/t16-,17-/m0/s1. The van der Waals surface area contributed by atoms with Gasteiger partial charge in [-0.1, -0.05) is 26.0 Å². The number of carbonyl (C=O) groups excluding carboxylic acids is 1. The van der Waals surface area contributed by atoms with Gasteiger partial charge in [0.2, 0.25) is 5.91 Å². The Kier molecular flexibility index (Phi) is 5.02. The van der Waals surface area contributed by atoms with E-state index in [2.05, 4.69) is 53.2 Å². The van der Waals surface area contributed by atoms with Gasteiger partial charge in [-0.05, 0) is 43.4 Å². The molecule has 0 saturated carbocycles. The zero-order valence-electron chi connectivity index (χ0n) is 15.4. The second-order valence-corrected chi connectivity index (χ2v) is 9.30. The molecule has 2 fully saturated rings. The molecule has 0 unspecified atom stereocenters. The summed E-state index contributed by atoms with van der Waals surface area (Å²) in [6.07, 6.45) is 8.14. The number of hydrogen-bond donors (Lipinski definition) is 0. The summed E-state index contributed by atoms with van der Waals surface area (Å²) in [5.74, 6) is 0.272. The minimum atomic E-state index is 0.272. The van der Waals surface area contributed by atoms with E-state index in [4.69, 9.17) is 0 Å². The van der Waals surface area contributed by atoms with Crippen molar-refractivity contribution in [2.45, 2.75) is 74.2 Å². The number of fused-ring (bicyclic) bond motifs is 2. The lowest BCUT2D eigenvalue weighted by molar-refractivity contribution is -0.135. The van der Waals surface area contributed by atoms with E-state index in [1.165, 1.54) is 4.90 Å². The molecule has 2 bridgehead atoms. The summed E-state index contributed by atoms with van der Waals surface area (Å²) in [5, 5.41) is 9.18. The summed E-state index contributed by atoms with van der Waals surface area (Å²) in [7, 11) is 0. The number of thioether (sulfide) groups is 1. The van der Waals surface area contributed by atoms with Crippen molar-refractivity contribution in [3.63, 3.8) is 0 Å². The maximum absolute atomic E-state index is 13.0. The summed E-state index contributed by atoms with van der Waals surface area (Å²) in [6.45, 7) is 4.39. The average Bonchev–Trinajstić information content (AvgIpc) is 3.23. The van der Waals surface area contributed by atoms with Crippen molar-refractivity contribution in [2.24, 2.45) is 0 Å². The fourth-order valence-electron chi connectivity index (χ4n) is 4.38. The van der Waals surface area contributed by atoms with Crippen LogP contribution in [0.1, 0.15) is 51.1 Å². The van der Waals surface area contributed by atoms with Crippen LogP contribution in [0, 0.1) is 0 Å². The first-order valence-corrected chi connectivity index (χ1v) is 10.4. The Morgan fingerprint density at radius 3 is 2.27 bits per heavy atom.